The van der Waals surface area contributed by atoms with Gasteiger partial charge in [-0.3, -0.25) is 9.48 Å². The Kier molecular flexibility index (Phi) is 5.88. The van der Waals surface area contributed by atoms with Crippen LogP contribution in [0.2, 0.25) is 0 Å². The minimum Gasteiger partial charge on any atom is -0.389 e. The highest BCUT2D eigenvalue weighted by molar-refractivity contribution is 7.19. The quantitative estimate of drug-likeness (QED) is 0.571. The van der Waals surface area contributed by atoms with Crippen LogP contribution < -0.4 is 21.7 Å². The highest BCUT2D eigenvalue weighted by Gasteiger charge is 2.24. The average Bonchev–Trinajstić information content (AvgIpc) is 3.25. The molecule has 1 aliphatic rings. The Morgan fingerprint density at radius 1 is 1.32 bits per heavy atom. The lowest BCUT2D eigenvalue weighted by molar-refractivity contribution is 0.102. The second-order valence-electron chi connectivity index (χ2n) is 7.53. The van der Waals surface area contributed by atoms with Crippen LogP contribution in [0.25, 0.3) is 10.6 Å². The molecule has 0 aliphatic carbocycles. The maximum Gasteiger partial charge on any atom is 0.277 e. The van der Waals surface area contributed by atoms with E-state index in [1.807, 2.05) is 13.1 Å². The van der Waals surface area contributed by atoms with Crippen molar-refractivity contribution in [2.75, 3.05) is 29.0 Å². The summed E-state index contributed by atoms with van der Waals surface area (Å²) in [6, 6.07) is 9.45. The SMILES string of the molecule is Cn1ncc(NC(=O)c2nc(-c3ccccc3C#N)sc2N)c1N1CCCC(N)CC1. The number of aromatic nitrogens is 3. The number of carbonyl (C=O) groups is 1. The number of nitrogens with one attached hydrogen (secondary N) is 1. The number of nitriles is 1. The van der Waals surface area contributed by atoms with Crippen molar-refractivity contribution in [2.24, 2.45) is 12.8 Å². The van der Waals surface area contributed by atoms with Gasteiger partial charge >= 0.3 is 0 Å². The summed E-state index contributed by atoms with van der Waals surface area (Å²) in [5.41, 5.74) is 14.1. The Hall–Kier alpha value is -3.42. The standard InChI is InChI=1S/C21H24N8OS/c1-28-21(29-9-4-6-14(23)8-10-29)16(12-25-28)26-19(30)17-18(24)31-20(27-17)15-7-3-2-5-13(15)11-22/h2-3,5,7,12,14H,4,6,8-10,23-24H2,1H3,(H,26,30). The maximum absolute atomic E-state index is 13.0. The molecule has 9 nitrogen and oxygen atoms in total. The van der Waals surface area contributed by atoms with E-state index < -0.39 is 5.91 Å². The average molecular weight is 437 g/mol. The van der Waals surface area contributed by atoms with Gasteiger partial charge in [-0.1, -0.05) is 29.5 Å². The third-order valence-corrected chi connectivity index (χ3v) is 6.29. The van der Waals surface area contributed by atoms with Gasteiger partial charge in [0, 0.05) is 31.7 Å². The van der Waals surface area contributed by atoms with Gasteiger partial charge in [-0.05, 0) is 25.3 Å². The van der Waals surface area contributed by atoms with Crippen LogP contribution in [-0.2, 0) is 7.05 Å². The molecular formula is C21H24N8OS. The summed E-state index contributed by atoms with van der Waals surface area (Å²) in [5.74, 6) is 0.432. The van der Waals surface area contributed by atoms with Gasteiger partial charge in [-0.15, -0.1) is 0 Å². The van der Waals surface area contributed by atoms with E-state index in [2.05, 4.69) is 26.4 Å². The van der Waals surface area contributed by atoms with E-state index in [0.717, 1.165) is 38.2 Å². The number of carbonyl (C=O) groups excluding carboxylic acids is 1. The van der Waals surface area contributed by atoms with E-state index in [4.69, 9.17) is 11.5 Å². The van der Waals surface area contributed by atoms with Crippen LogP contribution in [0, 0.1) is 11.3 Å². The Bertz CT molecular complexity index is 1140. The monoisotopic (exact) mass is 436 g/mol. The fourth-order valence-electron chi connectivity index (χ4n) is 3.79. The number of nitrogens with zero attached hydrogens (tertiary/aromatic N) is 5. The normalized spacial score (nSPS) is 16.5. The first kappa shape index (κ1) is 20.8. The highest BCUT2D eigenvalue weighted by atomic mass is 32.1. The highest BCUT2D eigenvalue weighted by Crippen LogP contribution is 2.33. The zero-order valence-electron chi connectivity index (χ0n) is 17.2. The van der Waals surface area contributed by atoms with Crippen LogP contribution in [-0.4, -0.2) is 39.8 Å². The van der Waals surface area contributed by atoms with E-state index in [1.165, 1.54) is 11.3 Å². The molecule has 1 atom stereocenters. The Balaban J connectivity index is 1.59. The summed E-state index contributed by atoms with van der Waals surface area (Å²) in [7, 11) is 1.85. The minimum atomic E-state index is -0.407. The van der Waals surface area contributed by atoms with E-state index in [-0.39, 0.29) is 11.7 Å². The molecule has 0 radical (unpaired) electrons. The predicted octanol–water partition coefficient (Wildman–Crippen LogP) is 2.57. The number of nitrogen functional groups attached to an aromatic ring is 1. The number of benzene rings is 1. The molecule has 5 N–H and O–H groups in total. The van der Waals surface area contributed by atoms with Crippen molar-refractivity contribution in [3.05, 3.63) is 41.7 Å². The number of aryl methyl sites for hydroxylation is 1. The van der Waals surface area contributed by atoms with Crippen LogP contribution >= 0.6 is 11.3 Å². The molecule has 1 fully saturated rings. The molecule has 3 heterocycles. The van der Waals surface area contributed by atoms with Crippen molar-refractivity contribution >= 4 is 33.8 Å². The number of anilines is 3. The number of hydrogen-bond donors (Lipinski definition) is 3. The zero-order chi connectivity index (χ0) is 22.0. The fourth-order valence-corrected chi connectivity index (χ4v) is 4.65. The van der Waals surface area contributed by atoms with E-state index in [1.54, 1.807) is 29.1 Å². The summed E-state index contributed by atoms with van der Waals surface area (Å²) in [6.07, 6.45) is 4.49. The summed E-state index contributed by atoms with van der Waals surface area (Å²) in [4.78, 5) is 19.6. The van der Waals surface area contributed by atoms with Gasteiger partial charge in [0.2, 0.25) is 0 Å². The van der Waals surface area contributed by atoms with Crippen molar-refractivity contribution in [3.63, 3.8) is 0 Å². The van der Waals surface area contributed by atoms with Crippen molar-refractivity contribution in [1.82, 2.24) is 14.8 Å². The molecule has 0 saturated carbocycles. The molecule has 10 heteroatoms. The first-order chi connectivity index (χ1) is 15.0. The van der Waals surface area contributed by atoms with Crippen molar-refractivity contribution in [3.8, 4) is 16.6 Å². The van der Waals surface area contributed by atoms with E-state index in [9.17, 15) is 10.1 Å². The van der Waals surface area contributed by atoms with E-state index >= 15 is 0 Å². The number of amides is 1. The lowest BCUT2D eigenvalue weighted by atomic mass is 10.1. The van der Waals surface area contributed by atoms with Gasteiger partial charge in [-0.2, -0.15) is 10.4 Å². The smallest absolute Gasteiger partial charge is 0.277 e. The Morgan fingerprint density at radius 3 is 2.94 bits per heavy atom. The molecule has 3 aromatic rings. The van der Waals surface area contributed by atoms with E-state index in [0.29, 0.717) is 26.8 Å². The Labute approximate surface area is 184 Å². The summed E-state index contributed by atoms with van der Waals surface area (Å²) in [5, 5.41) is 17.4. The lowest BCUT2D eigenvalue weighted by Crippen LogP contribution is -2.29. The molecule has 2 aromatic heterocycles. The second-order valence-corrected chi connectivity index (χ2v) is 8.56. The molecule has 1 aliphatic heterocycles. The molecular weight excluding hydrogens is 412 g/mol. The number of nitrogens with two attached hydrogens (primary N) is 2. The maximum atomic E-state index is 13.0. The Morgan fingerprint density at radius 2 is 2.13 bits per heavy atom. The van der Waals surface area contributed by atoms with Gasteiger partial charge in [0.25, 0.3) is 5.91 Å². The van der Waals surface area contributed by atoms with Gasteiger partial charge in [0.15, 0.2) is 11.5 Å². The topological polar surface area (TPSA) is 139 Å². The van der Waals surface area contributed by atoms with Crippen molar-refractivity contribution in [1.29, 1.82) is 5.26 Å². The third-order valence-electron chi connectivity index (χ3n) is 5.37. The van der Waals surface area contributed by atoms with Gasteiger partial charge < -0.3 is 21.7 Å². The second kappa shape index (κ2) is 8.75. The summed E-state index contributed by atoms with van der Waals surface area (Å²) in [6.45, 7) is 1.65. The van der Waals surface area contributed by atoms with Gasteiger partial charge in [0.1, 0.15) is 15.7 Å². The molecule has 160 valence electrons. The predicted molar refractivity (Wildman–Crippen MR) is 122 cm³/mol. The lowest BCUT2D eigenvalue weighted by Gasteiger charge is -2.24. The van der Waals surface area contributed by atoms with Crippen LogP contribution in [0.3, 0.4) is 0 Å². The third kappa shape index (κ3) is 4.23. The summed E-state index contributed by atoms with van der Waals surface area (Å²) >= 11 is 1.19. The molecule has 0 spiro atoms. The molecule has 1 amide bonds. The molecule has 31 heavy (non-hydrogen) atoms. The van der Waals surface area contributed by atoms with Crippen LogP contribution in [0.15, 0.2) is 30.5 Å². The first-order valence-corrected chi connectivity index (χ1v) is 10.9. The van der Waals surface area contributed by atoms with Crippen LogP contribution in [0.4, 0.5) is 16.5 Å². The van der Waals surface area contributed by atoms with Gasteiger partial charge in [0.05, 0.1) is 17.8 Å². The fraction of sp³-hybridized carbons (Fsp3) is 0.333. The van der Waals surface area contributed by atoms with Crippen LogP contribution in [0.1, 0.15) is 35.3 Å². The largest absolute Gasteiger partial charge is 0.389 e. The minimum absolute atomic E-state index is 0.139. The number of hydrogen-bond acceptors (Lipinski definition) is 8. The van der Waals surface area contributed by atoms with Gasteiger partial charge in [-0.25, -0.2) is 4.98 Å². The molecule has 1 aromatic carbocycles. The number of rotatable bonds is 4. The summed E-state index contributed by atoms with van der Waals surface area (Å²) < 4.78 is 1.76. The first-order valence-electron chi connectivity index (χ1n) is 10.1. The molecule has 1 unspecified atom stereocenters. The molecule has 4 rings (SSSR count). The number of thiazole rings is 1. The molecule has 1 saturated heterocycles. The molecule has 0 bridgehead atoms. The van der Waals surface area contributed by atoms with Crippen LogP contribution in [0.5, 0.6) is 0 Å². The zero-order valence-corrected chi connectivity index (χ0v) is 18.0. The van der Waals surface area contributed by atoms with Crippen molar-refractivity contribution < 1.29 is 4.79 Å². The van der Waals surface area contributed by atoms with Crippen molar-refractivity contribution in [2.45, 2.75) is 25.3 Å².